The quantitative estimate of drug-likeness (QED) is 0.520. The third kappa shape index (κ3) is 2.97. The lowest BCUT2D eigenvalue weighted by Gasteiger charge is -2.10. The van der Waals surface area contributed by atoms with Gasteiger partial charge in [-0.25, -0.2) is 4.98 Å². The average molecular weight is 388 g/mol. The number of rotatable bonds is 3. The summed E-state index contributed by atoms with van der Waals surface area (Å²) in [4.78, 5) is 20.1. The first-order valence-corrected chi connectivity index (χ1v) is 9.67. The highest BCUT2D eigenvalue weighted by molar-refractivity contribution is 7.15. The highest BCUT2D eigenvalue weighted by Gasteiger charge is 2.17. The number of fused-ring (bicyclic) bond motifs is 2. The molecule has 0 saturated heterocycles. The molecule has 1 aliphatic heterocycles. The van der Waals surface area contributed by atoms with Crippen LogP contribution in [-0.4, -0.2) is 17.7 Å². The van der Waals surface area contributed by atoms with Gasteiger partial charge in [-0.15, -0.1) is 11.3 Å². The zero-order valence-electron chi connectivity index (χ0n) is 15.1. The van der Waals surface area contributed by atoms with Gasteiger partial charge in [-0.05, 0) is 43.3 Å². The third-order valence-electron chi connectivity index (χ3n) is 4.58. The lowest BCUT2D eigenvalue weighted by molar-refractivity contribution is 0.102. The van der Waals surface area contributed by atoms with Gasteiger partial charge in [0.25, 0.3) is 5.91 Å². The van der Waals surface area contributed by atoms with Gasteiger partial charge in [0.2, 0.25) is 6.79 Å². The standard InChI is InChI=1S/C22H16N2O3S/c1-13-6-9-21(28-13)18-11-16(15-4-2-3-5-17(15)24-18)22(25)23-14-7-8-19-20(10-14)27-12-26-19/h2-11H,12H2,1H3,(H,23,25). The SMILES string of the molecule is Cc1ccc(-c2cc(C(=O)Nc3ccc4c(c3)OCO4)c3ccccc3n2)s1. The topological polar surface area (TPSA) is 60.5 Å². The number of benzene rings is 2. The Kier molecular flexibility index (Phi) is 3.98. The van der Waals surface area contributed by atoms with Crippen LogP contribution in [-0.2, 0) is 0 Å². The maximum Gasteiger partial charge on any atom is 0.256 e. The Hall–Kier alpha value is -3.38. The molecule has 5 rings (SSSR count). The summed E-state index contributed by atoms with van der Waals surface area (Å²) in [6, 6.07) is 19.0. The summed E-state index contributed by atoms with van der Waals surface area (Å²) in [6.07, 6.45) is 0. The predicted octanol–water partition coefficient (Wildman–Crippen LogP) is 5.25. The Morgan fingerprint density at radius 1 is 1.04 bits per heavy atom. The number of pyridine rings is 1. The molecule has 6 heteroatoms. The highest BCUT2D eigenvalue weighted by atomic mass is 32.1. The Morgan fingerprint density at radius 2 is 1.89 bits per heavy atom. The van der Waals surface area contributed by atoms with E-state index >= 15 is 0 Å². The zero-order chi connectivity index (χ0) is 19.1. The largest absolute Gasteiger partial charge is 0.454 e. The molecule has 0 fully saturated rings. The molecule has 28 heavy (non-hydrogen) atoms. The van der Waals surface area contributed by atoms with E-state index in [2.05, 4.69) is 18.3 Å². The maximum atomic E-state index is 13.1. The number of para-hydroxylation sites is 1. The maximum absolute atomic E-state index is 13.1. The first-order valence-electron chi connectivity index (χ1n) is 8.85. The van der Waals surface area contributed by atoms with Gasteiger partial charge in [0.05, 0.1) is 21.7 Å². The van der Waals surface area contributed by atoms with Crippen molar-refractivity contribution in [2.75, 3.05) is 12.1 Å². The number of carbonyl (C=O) groups excluding carboxylic acids is 1. The van der Waals surface area contributed by atoms with Gasteiger partial charge in [0.15, 0.2) is 11.5 Å². The monoisotopic (exact) mass is 388 g/mol. The Labute approximate surface area is 165 Å². The molecule has 0 saturated carbocycles. The van der Waals surface area contributed by atoms with Crippen LogP contribution in [0.2, 0.25) is 0 Å². The molecule has 4 aromatic rings. The first-order chi connectivity index (χ1) is 13.7. The summed E-state index contributed by atoms with van der Waals surface area (Å²) in [5, 5.41) is 3.78. The number of carbonyl (C=O) groups is 1. The van der Waals surface area contributed by atoms with Crippen LogP contribution in [0.15, 0.2) is 60.7 Å². The number of anilines is 1. The summed E-state index contributed by atoms with van der Waals surface area (Å²) in [5.74, 6) is 1.13. The minimum absolute atomic E-state index is 0.188. The van der Waals surface area contributed by atoms with Gasteiger partial charge in [-0.2, -0.15) is 0 Å². The summed E-state index contributed by atoms with van der Waals surface area (Å²) in [6.45, 7) is 2.26. The molecule has 0 spiro atoms. The van der Waals surface area contributed by atoms with Gasteiger partial charge in [-0.3, -0.25) is 4.79 Å². The minimum Gasteiger partial charge on any atom is -0.454 e. The Balaban J connectivity index is 1.56. The van der Waals surface area contributed by atoms with Crippen molar-refractivity contribution < 1.29 is 14.3 Å². The van der Waals surface area contributed by atoms with E-state index in [4.69, 9.17) is 14.5 Å². The van der Waals surface area contributed by atoms with E-state index in [0.29, 0.717) is 22.7 Å². The van der Waals surface area contributed by atoms with Crippen LogP contribution in [0.1, 0.15) is 15.2 Å². The molecule has 0 aliphatic carbocycles. The van der Waals surface area contributed by atoms with Gasteiger partial charge < -0.3 is 14.8 Å². The number of hydrogen-bond donors (Lipinski definition) is 1. The second-order valence-electron chi connectivity index (χ2n) is 6.50. The molecular formula is C22H16N2O3S. The van der Waals surface area contributed by atoms with Crippen LogP contribution in [0.25, 0.3) is 21.5 Å². The Bertz CT molecular complexity index is 1220. The predicted molar refractivity (Wildman–Crippen MR) is 110 cm³/mol. The van der Waals surface area contributed by atoms with Gasteiger partial charge >= 0.3 is 0 Å². The smallest absolute Gasteiger partial charge is 0.256 e. The van der Waals surface area contributed by atoms with Crippen LogP contribution in [0.3, 0.4) is 0 Å². The number of ether oxygens (including phenoxy) is 2. The molecule has 0 radical (unpaired) electrons. The highest BCUT2D eigenvalue weighted by Crippen LogP contribution is 2.35. The molecule has 1 N–H and O–H groups in total. The fraction of sp³-hybridized carbons (Fsp3) is 0.0909. The molecule has 138 valence electrons. The van der Waals surface area contributed by atoms with Crippen LogP contribution in [0, 0.1) is 6.92 Å². The van der Waals surface area contributed by atoms with Crippen LogP contribution < -0.4 is 14.8 Å². The molecule has 2 aromatic carbocycles. The van der Waals surface area contributed by atoms with Crippen molar-refractivity contribution in [2.24, 2.45) is 0 Å². The van der Waals surface area contributed by atoms with Crippen molar-refractivity contribution >= 4 is 33.8 Å². The Morgan fingerprint density at radius 3 is 2.75 bits per heavy atom. The second kappa shape index (κ2) is 6.65. The van der Waals surface area contributed by atoms with Crippen molar-refractivity contribution in [1.29, 1.82) is 0 Å². The summed E-state index contributed by atoms with van der Waals surface area (Å²) in [5.41, 5.74) is 2.84. The van der Waals surface area contributed by atoms with E-state index < -0.39 is 0 Å². The van der Waals surface area contributed by atoms with Gasteiger partial charge in [0.1, 0.15) is 0 Å². The molecule has 5 nitrogen and oxygen atoms in total. The number of thiophene rings is 1. The molecule has 0 bridgehead atoms. The average Bonchev–Trinajstić information content (AvgIpc) is 3.35. The van der Waals surface area contributed by atoms with E-state index in [1.807, 2.05) is 36.4 Å². The van der Waals surface area contributed by atoms with Gasteiger partial charge in [-0.1, -0.05) is 18.2 Å². The lowest BCUT2D eigenvalue weighted by atomic mass is 10.1. The molecule has 1 amide bonds. The number of nitrogens with zero attached hydrogens (tertiary/aromatic N) is 1. The number of amides is 1. The molecule has 0 atom stereocenters. The third-order valence-corrected chi connectivity index (χ3v) is 5.61. The van der Waals surface area contributed by atoms with Crippen molar-refractivity contribution in [2.45, 2.75) is 6.92 Å². The molecule has 2 aromatic heterocycles. The molecule has 0 unspecified atom stereocenters. The molecule has 1 aliphatic rings. The van der Waals surface area contributed by atoms with E-state index in [0.717, 1.165) is 21.5 Å². The first kappa shape index (κ1) is 16.8. The molecular weight excluding hydrogens is 372 g/mol. The van der Waals surface area contributed by atoms with Crippen molar-refractivity contribution in [3.05, 3.63) is 71.1 Å². The van der Waals surface area contributed by atoms with Gasteiger partial charge in [0, 0.05) is 22.0 Å². The summed E-state index contributed by atoms with van der Waals surface area (Å²) in [7, 11) is 0. The lowest BCUT2D eigenvalue weighted by Crippen LogP contribution is -2.13. The van der Waals surface area contributed by atoms with Crippen LogP contribution in [0.5, 0.6) is 11.5 Å². The van der Waals surface area contributed by atoms with E-state index in [1.165, 1.54) is 4.88 Å². The van der Waals surface area contributed by atoms with Crippen molar-refractivity contribution in [3.8, 4) is 22.1 Å². The van der Waals surface area contributed by atoms with Crippen molar-refractivity contribution in [3.63, 3.8) is 0 Å². The minimum atomic E-state index is -0.188. The fourth-order valence-corrected chi connectivity index (χ4v) is 4.06. The molecule has 3 heterocycles. The normalized spacial score (nSPS) is 12.3. The number of nitrogens with one attached hydrogen (secondary N) is 1. The zero-order valence-corrected chi connectivity index (χ0v) is 15.9. The van der Waals surface area contributed by atoms with E-state index in [9.17, 15) is 4.79 Å². The van der Waals surface area contributed by atoms with E-state index in [-0.39, 0.29) is 12.7 Å². The second-order valence-corrected chi connectivity index (χ2v) is 7.79. The van der Waals surface area contributed by atoms with E-state index in [1.54, 1.807) is 29.5 Å². The summed E-state index contributed by atoms with van der Waals surface area (Å²) < 4.78 is 10.7. The number of aryl methyl sites for hydroxylation is 1. The number of aromatic nitrogens is 1. The van der Waals surface area contributed by atoms with Crippen LogP contribution in [0.4, 0.5) is 5.69 Å². The number of hydrogen-bond acceptors (Lipinski definition) is 5. The van der Waals surface area contributed by atoms with Crippen molar-refractivity contribution in [1.82, 2.24) is 4.98 Å². The fourth-order valence-electron chi connectivity index (χ4n) is 3.23. The summed E-state index contributed by atoms with van der Waals surface area (Å²) >= 11 is 1.66. The van der Waals surface area contributed by atoms with Crippen LogP contribution >= 0.6 is 11.3 Å².